The van der Waals surface area contributed by atoms with Gasteiger partial charge in [-0.15, -0.1) is 0 Å². The Balaban J connectivity index is 1.06. The molecule has 7 rings (SSSR count). The summed E-state index contributed by atoms with van der Waals surface area (Å²) in [5.74, 6) is -3.62. The molecule has 320 valence electrons. The van der Waals surface area contributed by atoms with Gasteiger partial charge in [-0.3, -0.25) is 24.5 Å². The van der Waals surface area contributed by atoms with Gasteiger partial charge >= 0.3 is 6.09 Å². The number of amides is 5. The van der Waals surface area contributed by atoms with Crippen LogP contribution in [-0.2, 0) is 39.3 Å². The van der Waals surface area contributed by atoms with Gasteiger partial charge in [0.15, 0.2) is 17.2 Å². The minimum Gasteiger partial charge on any atom is -0.494 e. The number of imide groups is 1. The van der Waals surface area contributed by atoms with Crippen LogP contribution in [0, 0.1) is 11.6 Å². The quantitative estimate of drug-likeness (QED) is 0.0922. The molecule has 2 atom stereocenters. The van der Waals surface area contributed by atoms with Crippen LogP contribution in [0.5, 0.6) is 11.5 Å². The Labute approximate surface area is 357 Å². The molecule has 0 bridgehead atoms. The molecular weight excluding hydrogens is 810 g/mol. The Morgan fingerprint density at radius 3 is 2.48 bits per heavy atom. The first-order valence-electron chi connectivity index (χ1n) is 20.2. The van der Waals surface area contributed by atoms with E-state index in [0.29, 0.717) is 36.0 Å². The number of rotatable bonds is 13. The molecule has 0 saturated carbocycles. The number of carbonyl (C=O) groups is 5. The Hall–Kier alpha value is -6.02. The molecule has 0 unspecified atom stereocenters. The maximum absolute atomic E-state index is 16.6. The molecule has 0 radical (unpaired) electrons. The van der Waals surface area contributed by atoms with E-state index in [0.717, 1.165) is 23.6 Å². The smallest absolute Gasteiger partial charge is 0.407 e. The van der Waals surface area contributed by atoms with Crippen molar-refractivity contribution >= 4 is 41.3 Å². The van der Waals surface area contributed by atoms with Gasteiger partial charge in [0.05, 0.1) is 17.7 Å². The zero-order chi connectivity index (χ0) is 43.6. The van der Waals surface area contributed by atoms with Gasteiger partial charge in [-0.1, -0.05) is 60.5 Å². The lowest BCUT2D eigenvalue weighted by atomic mass is 9.85. The fraction of sp³-hybridized carbons (Fsp3) is 0.370. The Morgan fingerprint density at radius 1 is 0.984 bits per heavy atom. The van der Waals surface area contributed by atoms with Crippen molar-refractivity contribution in [2.45, 2.75) is 89.4 Å². The normalized spacial score (nSPS) is 18.2. The summed E-state index contributed by atoms with van der Waals surface area (Å²) in [5.41, 5.74) is 0.935. The van der Waals surface area contributed by atoms with E-state index in [1.807, 2.05) is 18.2 Å². The fourth-order valence-electron chi connectivity index (χ4n) is 8.24. The molecule has 61 heavy (non-hydrogen) atoms. The summed E-state index contributed by atoms with van der Waals surface area (Å²) in [5, 5.41) is 7.53. The number of halogens is 3. The van der Waals surface area contributed by atoms with Crippen LogP contribution in [0.15, 0.2) is 66.7 Å². The first-order chi connectivity index (χ1) is 29.1. The van der Waals surface area contributed by atoms with Gasteiger partial charge in [-0.25, -0.2) is 13.6 Å². The molecule has 12 nitrogen and oxygen atoms in total. The van der Waals surface area contributed by atoms with Crippen molar-refractivity contribution in [2.75, 3.05) is 20.3 Å². The summed E-state index contributed by atoms with van der Waals surface area (Å²) in [7, 11) is 1.28. The van der Waals surface area contributed by atoms with Crippen LogP contribution >= 0.6 is 11.6 Å². The highest BCUT2D eigenvalue weighted by Crippen LogP contribution is 2.51. The number of carbonyl (C=O) groups excluding carboxylic acids is 5. The third-order valence-electron chi connectivity index (χ3n) is 11.2. The number of nitrogens with zero attached hydrogens (tertiary/aromatic N) is 1. The predicted molar refractivity (Wildman–Crippen MR) is 222 cm³/mol. The molecule has 0 aromatic heterocycles. The van der Waals surface area contributed by atoms with Crippen LogP contribution in [0.3, 0.4) is 0 Å². The lowest BCUT2D eigenvalue weighted by Crippen LogP contribution is -2.52. The molecule has 0 spiro atoms. The van der Waals surface area contributed by atoms with Crippen molar-refractivity contribution in [3.63, 3.8) is 0 Å². The number of aryl methyl sites for hydroxylation is 1. The van der Waals surface area contributed by atoms with Gasteiger partial charge in [0.25, 0.3) is 11.8 Å². The number of ether oxygens (including phenoxy) is 3. The highest BCUT2D eigenvalue weighted by Gasteiger charge is 2.46. The number of unbranched alkanes of at least 4 members (excludes halogenated alkanes) is 2. The van der Waals surface area contributed by atoms with Crippen molar-refractivity contribution in [1.29, 1.82) is 0 Å². The third-order valence-corrected chi connectivity index (χ3v) is 11.5. The van der Waals surface area contributed by atoms with Crippen molar-refractivity contribution in [1.82, 2.24) is 20.9 Å². The number of nitrogens with one attached hydrogen (secondary N) is 3. The van der Waals surface area contributed by atoms with Gasteiger partial charge in [0.2, 0.25) is 11.8 Å². The average molecular weight is 857 g/mol. The van der Waals surface area contributed by atoms with Gasteiger partial charge in [-0.05, 0) is 81.3 Å². The molecule has 3 aliphatic heterocycles. The second-order valence-electron chi connectivity index (χ2n) is 16.5. The van der Waals surface area contributed by atoms with Gasteiger partial charge in [0.1, 0.15) is 24.2 Å². The zero-order valence-electron chi connectivity index (χ0n) is 34.3. The van der Waals surface area contributed by atoms with Crippen molar-refractivity contribution < 1.29 is 47.0 Å². The molecule has 15 heteroatoms. The number of hydrogen-bond acceptors (Lipinski definition) is 8. The Morgan fingerprint density at radius 2 is 1.75 bits per heavy atom. The Bertz CT molecular complexity index is 2410. The minimum atomic E-state index is -1.36. The number of hydrogen-bond donors (Lipinski definition) is 3. The number of fused-ring (bicyclic) bond motifs is 2. The predicted octanol–water partition coefficient (Wildman–Crippen LogP) is 7.55. The third kappa shape index (κ3) is 8.90. The van der Waals surface area contributed by atoms with Crippen molar-refractivity contribution in [3.05, 3.63) is 117 Å². The van der Waals surface area contributed by atoms with Crippen LogP contribution in [0.25, 0.3) is 11.1 Å². The molecule has 0 aliphatic carbocycles. The van der Waals surface area contributed by atoms with Gasteiger partial charge in [0, 0.05) is 59.8 Å². The molecular formula is C46H47ClF2N4O8. The molecule has 3 aliphatic rings. The van der Waals surface area contributed by atoms with E-state index in [1.54, 1.807) is 51.1 Å². The SMILES string of the molecule is COc1ccc(C(=O)NCCCCCc2cccc3c2CN([C@H]2CCC(=O)NC2=O)C3=O)c(-c2c(Cl)c(F)cc3c2C[C@@](COC(=O)NC(C)(C)C)(c2ccccc2)O3)c1F. The monoisotopic (exact) mass is 856 g/mol. The summed E-state index contributed by atoms with van der Waals surface area (Å²) in [4.78, 5) is 65.7. The second kappa shape index (κ2) is 17.5. The maximum Gasteiger partial charge on any atom is 0.407 e. The zero-order valence-corrected chi connectivity index (χ0v) is 35.1. The Kier molecular flexibility index (Phi) is 12.4. The van der Waals surface area contributed by atoms with E-state index < -0.39 is 51.7 Å². The van der Waals surface area contributed by atoms with Crippen LogP contribution in [0.4, 0.5) is 13.6 Å². The maximum atomic E-state index is 16.6. The van der Waals surface area contributed by atoms with E-state index in [1.165, 1.54) is 24.1 Å². The summed E-state index contributed by atoms with van der Waals surface area (Å²) in [6.45, 7) is 5.66. The molecule has 1 fully saturated rings. The highest BCUT2D eigenvalue weighted by atomic mass is 35.5. The first kappa shape index (κ1) is 43.1. The summed E-state index contributed by atoms with van der Waals surface area (Å²) in [6, 6.07) is 17.6. The van der Waals surface area contributed by atoms with Gasteiger partial charge in [-0.2, -0.15) is 0 Å². The summed E-state index contributed by atoms with van der Waals surface area (Å²) in [6.07, 6.45) is 2.42. The highest BCUT2D eigenvalue weighted by molar-refractivity contribution is 6.34. The fourth-order valence-corrected chi connectivity index (χ4v) is 8.50. The van der Waals surface area contributed by atoms with E-state index in [9.17, 15) is 24.0 Å². The molecule has 4 aromatic rings. The van der Waals surface area contributed by atoms with Crippen LogP contribution in [-0.4, -0.2) is 66.5 Å². The molecule has 3 N–H and O–H groups in total. The number of benzene rings is 4. The van der Waals surface area contributed by atoms with Crippen molar-refractivity contribution in [3.8, 4) is 22.6 Å². The molecule has 3 heterocycles. The topological polar surface area (TPSA) is 152 Å². The van der Waals surface area contributed by atoms with Crippen LogP contribution < -0.4 is 25.4 Å². The summed E-state index contributed by atoms with van der Waals surface area (Å²) < 4.78 is 49.8. The van der Waals surface area contributed by atoms with Crippen molar-refractivity contribution in [2.24, 2.45) is 0 Å². The summed E-state index contributed by atoms with van der Waals surface area (Å²) >= 11 is 6.69. The average Bonchev–Trinajstić information content (AvgIpc) is 3.76. The van der Waals surface area contributed by atoms with E-state index in [-0.39, 0.29) is 79.0 Å². The minimum absolute atomic E-state index is 0.0179. The van der Waals surface area contributed by atoms with E-state index >= 15 is 8.78 Å². The van der Waals surface area contributed by atoms with E-state index in [4.69, 9.17) is 25.8 Å². The van der Waals surface area contributed by atoms with Crippen LogP contribution in [0.2, 0.25) is 5.02 Å². The lowest BCUT2D eigenvalue weighted by Gasteiger charge is -2.30. The number of piperidine rings is 1. The standard InChI is InChI=1S/C46H47ClF2N4O8/c1-45(2,3)52-44(58)60-25-46(27-14-8-5-9-15-27)23-30-35(61-46)22-32(48)39(47)37(30)38-29(17-19-34(59-4)40(38)49)41(55)50-21-10-6-7-12-26-13-11-16-28-31(26)24-53(43(28)57)33-18-20-36(54)51-42(33)56/h5,8-9,11,13-17,19,22,33H,6-7,10,12,18,20-21,23-25H2,1-4H3,(H,50,55)(H,52,58)(H,51,54,56)/t33-,46+/m0/s1. The first-order valence-corrected chi connectivity index (χ1v) is 20.6. The number of alkyl carbamates (subject to hydrolysis) is 1. The van der Waals surface area contributed by atoms with E-state index in [2.05, 4.69) is 16.0 Å². The molecule has 4 aromatic carbocycles. The molecule has 1 saturated heterocycles. The number of methoxy groups -OCH3 is 1. The lowest BCUT2D eigenvalue weighted by molar-refractivity contribution is -0.136. The second-order valence-corrected chi connectivity index (χ2v) is 16.9. The van der Waals surface area contributed by atoms with Gasteiger partial charge < -0.3 is 29.7 Å². The molecule has 5 amide bonds. The largest absolute Gasteiger partial charge is 0.494 e. The van der Waals surface area contributed by atoms with Crippen LogP contribution in [0.1, 0.15) is 95.8 Å².